The lowest BCUT2D eigenvalue weighted by atomic mass is 9.98. The molecule has 226 valence electrons. The molecule has 1 saturated carbocycles. The summed E-state index contributed by atoms with van der Waals surface area (Å²) in [5.41, 5.74) is 10.2. The van der Waals surface area contributed by atoms with E-state index in [4.69, 9.17) is 15.7 Å². The molecule has 2 aliphatic heterocycles. The van der Waals surface area contributed by atoms with Gasteiger partial charge in [-0.05, 0) is 73.7 Å². The van der Waals surface area contributed by atoms with Gasteiger partial charge in [0, 0.05) is 44.8 Å². The Morgan fingerprint density at radius 1 is 1.09 bits per heavy atom. The molecule has 0 unspecified atom stereocenters. The van der Waals surface area contributed by atoms with Gasteiger partial charge in [0.05, 0.1) is 40.7 Å². The number of hydrogen-bond acceptors (Lipinski definition) is 7. The number of urea groups is 1. The van der Waals surface area contributed by atoms with Crippen LogP contribution in [0.2, 0.25) is 0 Å². The maximum Gasteiger partial charge on any atom is 0.320 e. The Balaban J connectivity index is 1.15. The number of carbonyl (C=O) groups is 2. The minimum Gasteiger partial charge on any atom is -0.383 e. The van der Waals surface area contributed by atoms with Crippen LogP contribution < -0.4 is 5.73 Å². The van der Waals surface area contributed by atoms with E-state index >= 15 is 0 Å². The predicted octanol–water partition coefficient (Wildman–Crippen LogP) is 3.67. The molecule has 3 N–H and O–H groups in total. The summed E-state index contributed by atoms with van der Waals surface area (Å²) in [5.74, 6) is 1.52. The number of nitrogen functional groups attached to an aromatic ring is 1. The molecule has 3 amide bonds. The quantitative estimate of drug-likeness (QED) is 0.338. The fraction of sp³-hybridized carbons (Fsp3) is 0.364. The predicted molar refractivity (Wildman–Crippen MR) is 167 cm³/mol. The molecule has 5 heterocycles. The monoisotopic (exact) mass is 592 g/mol. The highest BCUT2D eigenvalue weighted by atomic mass is 16.3. The second-order valence-corrected chi connectivity index (χ2v) is 12.1. The number of piperazine rings is 1. The minimum atomic E-state index is -1.27. The van der Waals surface area contributed by atoms with E-state index in [0.717, 1.165) is 22.3 Å². The van der Waals surface area contributed by atoms with Crippen LogP contribution in [0.15, 0.2) is 67.5 Å². The summed E-state index contributed by atoms with van der Waals surface area (Å²) in [4.78, 5) is 44.6. The van der Waals surface area contributed by atoms with Crippen LogP contribution in [0.25, 0.3) is 28.1 Å². The van der Waals surface area contributed by atoms with E-state index in [9.17, 15) is 14.7 Å². The van der Waals surface area contributed by atoms with Crippen LogP contribution >= 0.6 is 0 Å². The van der Waals surface area contributed by atoms with E-state index in [-0.39, 0.29) is 24.5 Å². The van der Waals surface area contributed by atoms with Gasteiger partial charge in [0.15, 0.2) is 0 Å². The second kappa shape index (κ2) is 10.7. The van der Waals surface area contributed by atoms with Crippen molar-refractivity contribution in [1.29, 1.82) is 0 Å². The van der Waals surface area contributed by atoms with Crippen molar-refractivity contribution in [3.8, 4) is 17.1 Å². The molecule has 2 saturated heterocycles. The number of benzene rings is 1. The summed E-state index contributed by atoms with van der Waals surface area (Å²) in [7, 11) is 0. The molecule has 4 aromatic rings. The first-order valence-corrected chi connectivity index (χ1v) is 15.1. The van der Waals surface area contributed by atoms with Crippen molar-refractivity contribution >= 4 is 28.8 Å². The Morgan fingerprint density at radius 3 is 2.64 bits per heavy atom. The third-order valence-electron chi connectivity index (χ3n) is 9.17. The maximum atomic E-state index is 13.5. The van der Waals surface area contributed by atoms with Crippen LogP contribution in [0, 0.1) is 0 Å². The number of imidazole rings is 1. The molecule has 1 aromatic carbocycles. The molecule has 0 bridgehead atoms. The Kier molecular flexibility index (Phi) is 6.84. The summed E-state index contributed by atoms with van der Waals surface area (Å²) < 4.78 is 2.05. The number of rotatable bonds is 5. The lowest BCUT2D eigenvalue weighted by Gasteiger charge is -2.41. The van der Waals surface area contributed by atoms with Crippen molar-refractivity contribution in [2.24, 2.45) is 0 Å². The number of β-amino-alcohol motifs (C(OH)–C–C–N with tert-alkyl or cyclic N) is 1. The van der Waals surface area contributed by atoms with E-state index in [1.807, 2.05) is 31.2 Å². The molecule has 7 rings (SSSR count). The molecular weight excluding hydrogens is 556 g/mol. The molecule has 3 aliphatic rings. The highest BCUT2D eigenvalue weighted by Crippen LogP contribution is 2.42. The molecule has 11 heteroatoms. The number of nitrogens with zero attached hydrogens (tertiary/aromatic N) is 7. The van der Waals surface area contributed by atoms with E-state index < -0.39 is 5.60 Å². The van der Waals surface area contributed by atoms with Gasteiger partial charge in [0.1, 0.15) is 17.2 Å². The summed E-state index contributed by atoms with van der Waals surface area (Å²) in [6, 6.07) is 13.7. The van der Waals surface area contributed by atoms with Crippen molar-refractivity contribution < 1.29 is 14.7 Å². The fourth-order valence-corrected chi connectivity index (χ4v) is 6.52. The first-order chi connectivity index (χ1) is 21.3. The van der Waals surface area contributed by atoms with E-state index in [1.165, 1.54) is 24.5 Å². The third kappa shape index (κ3) is 4.86. The topological polar surface area (TPSA) is 134 Å². The number of aliphatic hydroxyl groups is 1. The summed E-state index contributed by atoms with van der Waals surface area (Å²) >= 11 is 0. The Morgan fingerprint density at radius 2 is 1.93 bits per heavy atom. The molecule has 3 aromatic heterocycles. The van der Waals surface area contributed by atoms with Crippen molar-refractivity contribution in [1.82, 2.24) is 34.2 Å². The van der Waals surface area contributed by atoms with Crippen LogP contribution in [-0.2, 0) is 10.4 Å². The molecular formula is C33H36N8O3. The first kappa shape index (κ1) is 28.0. The average Bonchev–Trinajstić information content (AvgIpc) is 3.71. The lowest BCUT2D eigenvalue weighted by Crippen LogP contribution is -2.58. The van der Waals surface area contributed by atoms with Crippen LogP contribution in [-0.4, -0.2) is 90.0 Å². The number of aromatic nitrogens is 4. The fourth-order valence-electron chi connectivity index (χ4n) is 6.52. The van der Waals surface area contributed by atoms with Crippen molar-refractivity contribution in [2.75, 3.05) is 38.5 Å². The average molecular weight is 593 g/mol. The van der Waals surface area contributed by atoms with Gasteiger partial charge >= 0.3 is 6.03 Å². The summed E-state index contributed by atoms with van der Waals surface area (Å²) in [6.07, 6.45) is 7.48. The zero-order valence-electron chi connectivity index (χ0n) is 24.8. The number of anilines is 1. The molecule has 1 aliphatic carbocycles. The van der Waals surface area contributed by atoms with Gasteiger partial charge in [0.2, 0.25) is 5.91 Å². The van der Waals surface area contributed by atoms with Gasteiger partial charge in [-0.2, -0.15) is 0 Å². The molecule has 2 atom stereocenters. The third-order valence-corrected chi connectivity index (χ3v) is 9.17. The zero-order chi connectivity index (χ0) is 30.6. The Hall–Kier alpha value is -4.77. The number of nitrogens with two attached hydrogens (primary N) is 1. The maximum absolute atomic E-state index is 13.5. The van der Waals surface area contributed by atoms with Crippen molar-refractivity contribution in [2.45, 2.75) is 43.7 Å². The first-order valence-electron chi connectivity index (χ1n) is 15.1. The molecule has 0 radical (unpaired) electrons. The smallest absolute Gasteiger partial charge is 0.320 e. The van der Waals surface area contributed by atoms with E-state index in [1.54, 1.807) is 27.1 Å². The number of pyridine rings is 2. The van der Waals surface area contributed by atoms with E-state index in [2.05, 4.69) is 34.3 Å². The Bertz CT molecular complexity index is 1760. The van der Waals surface area contributed by atoms with Crippen LogP contribution in [0.5, 0.6) is 0 Å². The van der Waals surface area contributed by atoms with Gasteiger partial charge in [-0.15, -0.1) is 0 Å². The minimum absolute atomic E-state index is 0.128. The number of amides is 3. The number of hydrogen-bond donors (Lipinski definition) is 2. The SMILES string of the molecule is C=CC(=O)N1CCN(C(=O)N2CC[C@@](O)(c3ccc(-n4c(-c5cccnc5N)nc5ccc(C6CC6)cc54)cn3)C2)[C@@H](C)C1. The zero-order valence-corrected chi connectivity index (χ0v) is 24.8. The van der Waals surface area contributed by atoms with Gasteiger partial charge < -0.3 is 25.5 Å². The van der Waals surface area contributed by atoms with Crippen molar-refractivity contribution in [3.05, 3.63) is 78.8 Å². The summed E-state index contributed by atoms with van der Waals surface area (Å²) in [5, 5.41) is 11.7. The number of fused-ring (bicyclic) bond motifs is 1. The normalized spacial score (nSPS) is 22.0. The Labute approximate surface area is 255 Å². The molecule has 3 fully saturated rings. The largest absolute Gasteiger partial charge is 0.383 e. The van der Waals surface area contributed by atoms with Crippen LogP contribution in [0.4, 0.5) is 10.6 Å². The van der Waals surface area contributed by atoms with Gasteiger partial charge in [0.25, 0.3) is 0 Å². The standard InChI is InChI=1S/C33H36N8O3/c1-3-29(42)38-15-16-40(21(2)19-38)32(43)39-14-12-33(44,20-39)28-11-9-24(18-36-28)41-27-17-23(22-6-7-22)8-10-26(27)37-31(41)25-5-4-13-35-30(25)34/h3-5,8-11,13,17-18,21-22,44H,1,6-7,12,14-16,19-20H2,2H3,(H2,34,35)/t21-,33-/m0/s1. The van der Waals surface area contributed by atoms with Crippen molar-refractivity contribution in [3.63, 3.8) is 0 Å². The lowest BCUT2D eigenvalue weighted by molar-refractivity contribution is -0.128. The van der Waals surface area contributed by atoms with Crippen LogP contribution in [0.3, 0.4) is 0 Å². The van der Waals surface area contributed by atoms with Crippen LogP contribution in [0.1, 0.15) is 43.4 Å². The number of likely N-dealkylation sites (tertiary alicyclic amines) is 1. The summed E-state index contributed by atoms with van der Waals surface area (Å²) in [6.45, 7) is 7.41. The van der Waals surface area contributed by atoms with Gasteiger partial charge in [-0.3, -0.25) is 14.3 Å². The second-order valence-electron chi connectivity index (χ2n) is 12.1. The van der Waals surface area contributed by atoms with Gasteiger partial charge in [-0.1, -0.05) is 12.6 Å². The highest BCUT2D eigenvalue weighted by molar-refractivity contribution is 5.87. The highest BCUT2D eigenvalue weighted by Gasteiger charge is 2.43. The van der Waals surface area contributed by atoms with Gasteiger partial charge in [-0.25, -0.2) is 14.8 Å². The molecule has 44 heavy (non-hydrogen) atoms. The molecule has 11 nitrogen and oxygen atoms in total. The molecule has 0 spiro atoms. The van der Waals surface area contributed by atoms with E-state index in [0.29, 0.717) is 55.9 Å². The number of carbonyl (C=O) groups excluding carboxylic acids is 2.